The molecule has 0 heterocycles. The molecule has 0 saturated heterocycles. The van der Waals surface area contributed by atoms with Crippen LogP contribution in [0, 0.1) is 5.92 Å². The number of hydrogen-bond acceptors (Lipinski definition) is 4. The number of benzene rings is 1. The Hall–Kier alpha value is -1.11. The SMILES string of the molecule is COc1cccc(CS(=O)(=O)NC(CN)C2CCCC2)c1. The number of methoxy groups -OCH3 is 1. The fourth-order valence-electron chi connectivity index (χ4n) is 2.95. The Labute approximate surface area is 126 Å². The van der Waals surface area contributed by atoms with Crippen molar-refractivity contribution in [2.75, 3.05) is 13.7 Å². The van der Waals surface area contributed by atoms with E-state index in [1.54, 1.807) is 31.4 Å². The minimum atomic E-state index is -3.39. The normalized spacial score (nSPS) is 17.8. The van der Waals surface area contributed by atoms with Gasteiger partial charge in [0.1, 0.15) is 5.75 Å². The van der Waals surface area contributed by atoms with Gasteiger partial charge in [0, 0.05) is 12.6 Å². The number of nitrogens with two attached hydrogens (primary N) is 1. The molecule has 6 heteroatoms. The van der Waals surface area contributed by atoms with Gasteiger partial charge in [-0.1, -0.05) is 25.0 Å². The van der Waals surface area contributed by atoms with Gasteiger partial charge in [0.25, 0.3) is 0 Å². The van der Waals surface area contributed by atoms with Crippen molar-refractivity contribution >= 4 is 10.0 Å². The lowest BCUT2D eigenvalue weighted by Gasteiger charge is -2.23. The summed E-state index contributed by atoms with van der Waals surface area (Å²) >= 11 is 0. The lowest BCUT2D eigenvalue weighted by Crippen LogP contribution is -2.44. The van der Waals surface area contributed by atoms with E-state index in [-0.39, 0.29) is 11.8 Å². The van der Waals surface area contributed by atoms with Crippen LogP contribution in [-0.2, 0) is 15.8 Å². The highest BCUT2D eigenvalue weighted by molar-refractivity contribution is 7.88. The number of ether oxygens (including phenoxy) is 1. The Morgan fingerprint density at radius 3 is 2.71 bits per heavy atom. The zero-order valence-corrected chi connectivity index (χ0v) is 13.2. The van der Waals surface area contributed by atoms with E-state index in [2.05, 4.69) is 4.72 Å². The molecule has 3 N–H and O–H groups in total. The first kappa shape index (κ1) is 16.3. The van der Waals surface area contributed by atoms with Gasteiger partial charge in [0.2, 0.25) is 10.0 Å². The van der Waals surface area contributed by atoms with Crippen LogP contribution in [0.4, 0.5) is 0 Å². The molecule has 1 fully saturated rings. The third kappa shape index (κ3) is 4.69. The molecule has 0 bridgehead atoms. The lowest BCUT2D eigenvalue weighted by molar-refractivity contribution is 0.405. The minimum absolute atomic E-state index is 0.0482. The average molecular weight is 312 g/mol. The quantitative estimate of drug-likeness (QED) is 0.802. The highest BCUT2D eigenvalue weighted by Gasteiger charge is 2.27. The van der Waals surface area contributed by atoms with Crippen molar-refractivity contribution in [3.8, 4) is 5.75 Å². The van der Waals surface area contributed by atoms with Gasteiger partial charge >= 0.3 is 0 Å². The van der Waals surface area contributed by atoms with Gasteiger partial charge in [-0.15, -0.1) is 0 Å². The van der Waals surface area contributed by atoms with Crippen molar-refractivity contribution in [2.45, 2.75) is 37.5 Å². The molecule has 1 aliphatic carbocycles. The van der Waals surface area contributed by atoms with Crippen molar-refractivity contribution in [1.82, 2.24) is 4.72 Å². The molecule has 118 valence electrons. The van der Waals surface area contributed by atoms with Crippen LogP contribution in [0.5, 0.6) is 5.75 Å². The Bertz CT molecular complexity index is 554. The Morgan fingerprint density at radius 2 is 2.10 bits per heavy atom. The molecular formula is C15H24N2O3S. The first-order valence-electron chi connectivity index (χ1n) is 7.37. The van der Waals surface area contributed by atoms with Crippen LogP contribution >= 0.6 is 0 Å². The van der Waals surface area contributed by atoms with E-state index in [0.717, 1.165) is 12.8 Å². The molecule has 2 rings (SSSR count). The molecule has 0 spiro atoms. The molecule has 21 heavy (non-hydrogen) atoms. The molecule has 0 aromatic heterocycles. The molecule has 0 amide bonds. The summed E-state index contributed by atoms with van der Waals surface area (Å²) in [5, 5.41) is 0. The first-order valence-corrected chi connectivity index (χ1v) is 9.02. The lowest BCUT2D eigenvalue weighted by atomic mass is 9.99. The third-order valence-electron chi connectivity index (χ3n) is 4.04. The predicted molar refractivity (Wildman–Crippen MR) is 83.6 cm³/mol. The molecule has 0 aliphatic heterocycles. The molecule has 0 radical (unpaired) electrons. The second-order valence-corrected chi connectivity index (χ2v) is 7.37. The van der Waals surface area contributed by atoms with Crippen LogP contribution in [-0.4, -0.2) is 28.1 Å². The highest BCUT2D eigenvalue weighted by Crippen LogP contribution is 2.28. The van der Waals surface area contributed by atoms with Crippen LogP contribution in [0.3, 0.4) is 0 Å². The van der Waals surface area contributed by atoms with E-state index in [0.29, 0.717) is 23.8 Å². The first-order chi connectivity index (χ1) is 10.0. The Kier molecular flexibility index (Phi) is 5.61. The van der Waals surface area contributed by atoms with Crippen molar-refractivity contribution in [3.63, 3.8) is 0 Å². The standard InChI is InChI=1S/C15H24N2O3S/c1-20-14-8-4-5-12(9-14)11-21(18,19)17-15(10-16)13-6-2-3-7-13/h4-5,8-9,13,15,17H,2-3,6-7,10-11,16H2,1H3. The van der Waals surface area contributed by atoms with Gasteiger partial charge in [-0.3, -0.25) is 0 Å². The summed E-state index contributed by atoms with van der Waals surface area (Å²) in [4.78, 5) is 0. The van der Waals surface area contributed by atoms with E-state index in [1.807, 2.05) is 0 Å². The molecule has 1 atom stereocenters. The van der Waals surface area contributed by atoms with Crippen molar-refractivity contribution in [1.29, 1.82) is 0 Å². The van der Waals surface area contributed by atoms with Crippen LogP contribution < -0.4 is 15.2 Å². The van der Waals surface area contributed by atoms with Crippen molar-refractivity contribution in [3.05, 3.63) is 29.8 Å². The molecular weight excluding hydrogens is 288 g/mol. The van der Waals surface area contributed by atoms with Gasteiger partial charge in [-0.05, 0) is 36.5 Å². The number of rotatable bonds is 7. The summed E-state index contributed by atoms with van der Waals surface area (Å²) in [5.41, 5.74) is 6.46. The maximum Gasteiger partial charge on any atom is 0.216 e. The third-order valence-corrected chi connectivity index (χ3v) is 5.42. The van der Waals surface area contributed by atoms with Gasteiger partial charge in [0.05, 0.1) is 12.9 Å². The van der Waals surface area contributed by atoms with Crippen LogP contribution in [0.25, 0.3) is 0 Å². The maximum absolute atomic E-state index is 12.3. The Balaban J connectivity index is 2.03. The molecule has 1 aromatic carbocycles. The minimum Gasteiger partial charge on any atom is -0.497 e. The van der Waals surface area contributed by atoms with E-state index >= 15 is 0 Å². The summed E-state index contributed by atoms with van der Waals surface area (Å²) in [6, 6.07) is 6.97. The monoisotopic (exact) mass is 312 g/mol. The summed E-state index contributed by atoms with van der Waals surface area (Å²) < 4.78 is 32.5. The van der Waals surface area contributed by atoms with Gasteiger partial charge in [-0.25, -0.2) is 13.1 Å². The fraction of sp³-hybridized carbons (Fsp3) is 0.600. The molecule has 1 saturated carbocycles. The van der Waals surface area contributed by atoms with Crippen LogP contribution in [0.15, 0.2) is 24.3 Å². The molecule has 1 unspecified atom stereocenters. The van der Waals surface area contributed by atoms with Crippen LogP contribution in [0.1, 0.15) is 31.2 Å². The number of hydrogen-bond donors (Lipinski definition) is 2. The second kappa shape index (κ2) is 7.24. The largest absolute Gasteiger partial charge is 0.497 e. The van der Waals surface area contributed by atoms with Gasteiger partial charge < -0.3 is 10.5 Å². The summed E-state index contributed by atoms with van der Waals surface area (Å²) in [6.45, 7) is 0.349. The van der Waals surface area contributed by atoms with E-state index in [9.17, 15) is 8.42 Å². The topological polar surface area (TPSA) is 81.4 Å². The second-order valence-electron chi connectivity index (χ2n) is 5.62. The fourth-order valence-corrected chi connectivity index (χ4v) is 4.40. The molecule has 1 aliphatic rings. The molecule has 1 aromatic rings. The van der Waals surface area contributed by atoms with E-state index in [4.69, 9.17) is 10.5 Å². The summed E-state index contributed by atoms with van der Waals surface area (Å²) in [5.74, 6) is 0.983. The Morgan fingerprint density at radius 1 is 1.38 bits per heavy atom. The summed E-state index contributed by atoms with van der Waals surface area (Å²) in [7, 11) is -1.83. The zero-order valence-electron chi connectivity index (χ0n) is 12.4. The summed E-state index contributed by atoms with van der Waals surface area (Å²) in [6.07, 6.45) is 4.45. The van der Waals surface area contributed by atoms with E-state index in [1.165, 1.54) is 12.8 Å². The smallest absolute Gasteiger partial charge is 0.216 e. The zero-order chi connectivity index (χ0) is 15.3. The van der Waals surface area contributed by atoms with Crippen molar-refractivity contribution in [2.24, 2.45) is 11.7 Å². The molecule has 5 nitrogen and oxygen atoms in total. The van der Waals surface area contributed by atoms with Crippen molar-refractivity contribution < 1.29 is 13.2 Å². The van der Waals surface area contributed by atoms with Gasteiger partial charge in [-0.2, -0.15) is 0 Å². The van der Waals surface area contributed by atoms with E-state index < -0.39 is 10.0 Å². The maximum atomic E-state index is 12.3. The van der Waals surface area contributed by atoms with Crippen LogP contribution in [0.2, 0.25) is 0 Å². The number of sulfonamides is 1. The predicted octanol–water partition coefficient (Wildman–Crippen LogP) is 1.63. The highest BCUT2D eigenvalue weighted by atomic mass is 32.2. The van der Waals surface area contributed by atoms with Gasteiger partial charge in [0.15, 0.2) is 0 Å². The number of nitrogens with one attached hydrogen (secondary N) is 1. The average Bonchev–Trinajstić information content (AvgIpc) is 2.98.